The lowest BCUT2D eigenvalue weighted by atomic mass is 9.69. The topological polar surface area (TPSA) is 136 Å². The molecule has 9 heteroatoms. The molecular weight excluding hydrogens is 378 g/mol. The maximum absolute atomic E-state index is 13.7. The molecule has 2 aliphatic heterocycles. The molecule has 0 radical (unpaired) electrons. The Morgan fingerprint density at radius 1 is 1.34 bits per heavy atom. The molecule has 29 heavy (non-hydrogen) atoms. The van der Waals surface area contributed by atoms with Crippen LogP contribution in [-0.2, 0) is 19.7 Å². The monoisotopic (exact) mass is 393 g/mol. The maximum Gasteiger partial charge on any atom is 0.344 e. The number of nitriles is 1. The highest BCUT2D eigenvalue weighted by Gasteiger charge is 2.61. The van der Waals surface area contributed by atoms with Gasteiger partial charge in [-0.1, -0.05) is 18.2 Å². The van der Waals surface area contributed by atoms with E-state index in [1.807, 2.05) is 6.07 Å². The molecule has 2 N–H and O–H groups in total. The van der Waals surface area contributed by atoms with Crippen LogP contribution in [0.15, 0.2) is 51.0 Å². The highest BCUT2D eigenvalue weighted by molar-refractivity contribution is 6.15. The van der Waals surface area contributed by atoms with E-state index < -0.39 is 29.5 Å². The van der Waals surface area contributed by atoms with E-state index in [4.69, 9.17) is 19.6 Å². The van der Waals surface area contributed by atoms with Crippen molar-refractivity contribution in [3.8, 4) is 11.8 Å². The smallest absolute Gasteiger partial charge is 0.344 e. The van der Waals surface area contributed by atoms with Crippen LogP contribution in [0.3, 0.4) is 0 Å². The van der Waals surface area contributed by atoms with Gasteiger partial charge in [0.1, 0.15) is 35.3 Å². The molecule has 9 nitrogen and oxygen atoms in total. The van der Waals surface area contributed by atoms with Gasteiger partial charge in [0.15, 0.2) is 5.41 Å². The molecule has 0 saturated heterocycles. The van der Waals surface area contributed by atoms with Gasteiger partial charge in [-0.2, -0.15) is 5.26 Å². The standard InChI is InChI=1S/C20H15N3O6/c1-10-7-14-16(18(25)28-10)20(12(8-21)17(22)29-14)11-5-3-4-6-13(11)23(19(20)26)9-15(24)27-2/h3-7H,9,22H2,1-2H3/t20-/m1/s1. The largest absolute Gasteiger partial charge is 0.468 e. The highest BCUT2D eigenvalue weighted by Crippen LogP contribution is 2.54. The Kier molecular flexibility index (Phi) is 3.94. The van der Waals surface area contributed by atoms with Gasteiger partial charge in [0.2, 0.25) is 11.8 Å². The zero-order chi connectivity index (χ0) is 20.9. The Morgan fingerprint density at radius 3 is 2.76 bits per heavy atom. The number of para-hydroxylation sites is 1. The number of hydrogen-bond acceptors (Lipinski definition) is 8. The number of ether oxygens (including phenoxy) is 2. The third-order valence-corrected chi connectivity index (χ3v) is 5.05. The summed E-state index contributed by atoms with van der Waals surface area (Å²) in [6, 6.07) is 9.89. The van der Waals surface area contributed by atoms with Crippen molar-refractivity contribution in [1.29, 1.82) is 5.26 Å². The second-order valence-electron chi connectivity index (χ2n) is 6.57. The van der Waals surface area contributed by atoms with Crippen molar-refractivity contribution in [1.82, 2.24) is 0 Å². The Bertz CT molecular complexity index is 1210. The third-order valence-electron chi connectivity index (χ3n) is 5.05. The van der Waals surface area contributed by atoms with Gasteiger partial charge < -0.3 is 19.6 Å². The first-order valence-electron chi connectivity index (χ1n) is 8.58. The number of aryl methyl sites for hydroxylation is 1. The minimum atomic E-state index is -1.88. The second kappa shape index (κ2) is 6.24. The fraction of sp³-hybridized carbons (Fsp3) is 0.200. The molecule has 1 aromatic carbocycles. The van der Waals surface area contributed by atoms with E-state index in [0.717, 1.165) is 0 Å². The lowest BCUT2D eigenvalue weighted by molar-refractivity contribution is -0.140. The predicted octanol–water partition coefficient (Wildman–Crippen LogP) is 0.840. The van der Waals surface area contributed by atoms with Gasteiger partial charge in [0.05, 0.1) is 7.11 Å². The lowest BCUT2D eigenvalue weighted by Gasteiger charge is -2.33. The Hall–Kier alpha value is -4.06. The summed E-state index contributed by atoms with van der Waals surface area (Å²) in [6.07, 6.45) is 0. The van der Waals surface area contributed by atoms with E-state index in [0.29, 0.717) is 11.3 Å². The normalized spacial score (nSPS) is 19.5. The quantitative estimate of drug-likeness (QED) is 0.742. The van der Waals surface area contributed by atoms with Crippen molar-refractivity contribution < 1.29 is 23.5 Å². The third kappa shape index (κ3) is 2.29. The van der Waals surface area contributed by atoms with E-state index >= 15 is 0 Å². The predicted molar refractivity (Wildman–Crippen MR) is 98.8 cm³/mol. The first-order chi connectivity index (χ1) is 13.9. The minimum absolute atomic E-state index is 0.0262. The number of hydrogen-bond donors (Lipinski definition) is 1. The molecule has 1 amide bonds. The van der Waals surface area contributed by atoms with E-state index in [9.17, 15) is 19.6 Å². The van der Waals surface area contributed by atoms with E-state index in [-0.39, 0.29) is 28.5 Å². The van der Waals surface area contributed by atoms with Crippen LogP contribution >= 0.6 is 0 Å². The molecule has 1 aromatic heterocycles. The molecule has 3 heterocycles. The highest BCUT2D eigenvalue weighted by atomic mass is 16.5. The van der Waals surface area contributed by atoms with Crippen LogP contribution in [0, 0.1) is 18.3 Å². The van der Waals surface area contributed by atoms with E-state index in [1.54, 1.807) is 31.2 Å². The number of fused-ring (bicyclic) bond motifs is 4. The summed E-state index contributed by atoms with van der Waals surface area (Å²) in [5.74, 6) is -1.37. The Morgan fingerprint density at radius 2 is 2.07 bits per heavy atom. The summed E-state index contributed by atoms with van der Waals surface area (Å²) >= 11 is 0. The van der Waals surface area contributed by atoms with Gasteiger partial charge in [-0.15, -0.1) is 0 Å². The zero-order valence-corrected chi connectivity index (χ0v) is 15.5. The summed E-state index contributed by atoms with van der Waals surface area (Å²) < 4.78 is 15.4. The number of rotatable bonds is 2. The second-order valence-corrected chi connectivity index (χ2v) is 6.57. The lowest BCUT2D eigenvalue weighted by Crippen LogP contribution is -2.49. The first-order valence-corrected chi connectivity index (χ1v) is 8.58. The zero-order valence-electron chi connectivity index (χ0n) is 15.5. The molecule has 0 saturated carbocycles. The maximum atomic E-state index is 13.7. The minimum Gasteiger partial charge on any atom is -0.468 e. The summed E-state index contributed by atoms with van der Waals surface area (Å²) in [7, 11) is 1.20. The molecule has 2 aromatic rings. The average Bonchev–Trinajstić information content (AvgIpc) is 2.91. The van der Waals surface area contributed by atoms with Crippen molar-refractivity contribution in [3.05, 3.63) is 69.1 Å². The molecule has 146 valence electrons. The van der Waals surface area contributed by atoms with Crippen LogP contribution in [0.4, 0.5) is 5.69 Å². The van der Waals surface area contributed by atoms with Crippen LogP contribution in [0.1, 0.15) is 16.9 Å². The number of carbonyl (C=O) groups excluding carboxylic acids is 2. The summed E-state index contributed by atoms with van der Waals surface area (Å²) in [5, 5.41) is 9.85. The molecule has 4 rings (SSSR count). The van der Waals surface area contributed by atoms with Gasteiger partial charge in [-0.25, -0.2) is 4.79 Å². The summed E-state index contributed by atoms with van der Waals surface area (Å²) in [4.78, 5) is 39.7. The molecule has 1 atom stereocenters. The molecule has 0 fully saturated rings. The van der Waals surface area contributed by atoms with Crippen LogP contribution < -0.4 is 21.0 Å². The number of nitrogens with two attached hydrogens (primary N) is 1. The van der Waals surface area contributed by atoms with Gasteiger partial charge in [0, 0.05) is 17.3 Å². The van der Waals surface area contributed by atoms with Gasteiger partial charge in [0.25, 0.3) is 0 Å². The van der Waals surface area contributed by atoms with E-state index in [2.05, 4.69) is 0 Å². The van der Waals surface area contributed by atoms with E-state index in [1.165, 1.54) is 18.1 Å². The number of carbonyl (C=O) groups is 2. The number of amides is 1. The van der Waals surface area contributed by atoms with Gasteiger partial charge >= 0.3 is 11.6 Å². The Balaban J connectivity index is 2.12. The molecule has 0 unspecified atom stereocenters. The number of esters is 1. The molecule has 1 spiro atoms. The number of nitrogens with zero attached hydrogens (tertiary/aromatic N) is 2. The van der Waals surface area contributed by atoms with Gasteiger partial charge in [-0.05, 0) is 13.0 Å². The van der Waals surface area contributed by atoms with Crippen LogP contribution in [0.5, 0.6) is 5.75 Å². The molecular formula is C20H15N3O6. The summed E-state index contributed by atoms with van der Waals surface area (Å²) in [5.41, 5.74) is 3.56. The number of anilines is 1. The fourth-order valence-electron chi connectivity index (χ4n) is 3.91. The fourth-order valence-corrected chi connectivity index (χ4v) is 3.91. The SMILES string of the molecule is COC(=O)CN1C(=O)[C@@]2(C(C#N)=C(N)Oc3cc(C)oc(=O)c32)c2ccccc21. The van der Waals surface area contributed by atoms with Crippen molar-refractivity contribution >= 4 is 17.6 Å². The van der Waals surface area contributed by atoms with Crippen molar-refractivity contribution in [2.75, 3.05) is 18.6 Å². The number of methoxy groups -OCH3 is 1. The first kappa shape index (κ1) is 18.3. The van der Waals surface area contributed by atoms with Crippen molar-refractivity contribution in [2.24, 2.45) is 5.73 Å². The summed E-state index contributed by atoms with van der Waals surface area (Å²) in [6.45, 7) is 1.14. The van der Waals surface area contributed by atoms with Crippen LogP contribution in [0.2, 0.25) is 0 Å². The van der Waals surface area contributed by atoms with Crippen molar-refractivity contribution in [2.45, 2.75) is 12.3 Å². The Labute approximate surface area is 164 Å². The molecule has 2 aliphatic rings. The number of benzene rings is 1. The van der Waals surface area contributed by atoms with Crippen molar-refractivity contribution in [3.63, 3.8) is 0 Å². The van der Waals surface area contributed by atoms with Crippen LogP contribution in [-0.4, -0.2) is 25.5 Å². The average molecular weight is 393 g/mol. The van der Waals surface area contributed by atoms with Crippen LogP contribution in [0.25, 0.3) is 0 Å². The molecule has 0 aliphatic carbocycles. The van der Waals surface area contributed by atoms with Gasteiger partial charge in [-0.3, -0.25) is 14.5 Å². The molecule has 0 bridgehead atoms.